The second kappa shape index (κ2) is 6.06. The minimum Gasteiger partial charge on any atom is -0.308 e. The maximum atomic E-state index is 13.2. The van der Waals surface area contributed by atoms with Gasteiger partial charge in [0.25, 0.3) is 11.5 Å². The molecule has 0 unspecified atom stereocenters. The number of benzene rings is 2. The van der Waals surface area contributed by atoms with Crippen molar-refractivity contribution in [2.24, 2.45) is 0 Å². The van der Waals surface area contributed by atoms with Gasteiger partial charge < -0.3 is 9.47 Å². The zero-order valence-corrected chi connectivity index (χ0v) is 15.8. The lowest BCUT2D eigenvalue weighted by atomic mass is 10.1. The molecule has 0 spiro atoms. The van der Waals surface area contributed by atoms with Crippen molar-refractivity contribution in [3.8, 4) is 0 Å². The quantitative estimate of drug-likeness (QED) is 0.521. The van der Waals surface area contributed by atoms with Gasteiger partial charge in [0.05, 0.1) is 15.8 Å². The van der Waals surface area contributed by atoms with Crippen LogP contribution in [0.4, 0.5) is 5.69 Å². The second-order valence-corrected chi connectivity index (χ2v) is 7.81. The number of aromatic nitrogens is 1. The third-order valence-electron chi connectivity index (χ3n) is 5.31. The van der Waals surface area contributed by atoms with Gasteiger partial charge in [0, 0.05) is 28.9 Å². The third kappa shape index (κ3) is 2.35. The summed E-state index contributed by atoms with van der Waals surface area (Å²) in [5.74, 6) is -0.0207. The number of aryl methyl sites for hydroxylation is 1. The van der Waals surface area contributed by atoms with E-state index in [1.165, 1.54) is 16.9 Å². The Morgan fingerprint density at radius 1 is 1.07 bits per heavy atom. The first-order valence-corrected chi connectivity index (χ1v) is 9.95. The first kappa shape index (κ1) is 16.3. The molecule has 0 fully saturated rings. The summed E-state index contributed by atoms with van der Waals surface area (Å²) in [4.78, 5) is 28.6. The third-order valence-corrected chi connectivity index (χ3v) is 6.46. The lowest BCUT2D eigenvalue weighted by Crippen LogP contribution is -2.28. The van der Waals surface area contributed by atoms with Crippen LogP contribution in [0.3, 0.4) is 0 Å². The molecule has 134 valence electrons. The van der Waals surface area contributed by atoms with Crippen LogP contribution >= 0.6 is 11.3 Å². The summed E-state index contributed by atoms with van der Waals surface area (Å²) >= 11 is 1.43. The highest BCUT2D eigenvalue weighted by atomic mass is 32.1. The molecule has 0 saturated heterocycles. The second-order valence-electron chi connectivity index (χ2n) is 6.76. The molecule has 1 aliphatic heterocycles. The fourth-order valence-corrected chi connectivity index (χ4v) is 5.14. The lowest BCUT2D eigenvalue weighted by Gasteiger charge is -2.15. The number of amides is 1. The van der Waals surface area contributed by atoms with Crippen molar-refractivity contribution in [1.82, 2.24) is 4.57 Å². The molecule has 4 nitrogen and oxygen atoms in total. The van der Waals surface area contributed by atoms with Crippen molar-refractivity contribution in [2.75, 3.05) is 11.4 Å². The molecule has 27 heavy (non-hydrogen) atoms. The van der Waals surface area contributed by atoms with E-state index in [-0.39, 0.29) is 11.5 Å². The van der Waals surface area contributed by atoms with Gasteiger partial charge in [0.15, 0.2) is 0 Å². The highest BCUT2D eigenvalue weighted by molar-refractivity contribution is 7.21. The summed E-state index contributed by atoms with van der Waals surface area (Å²) in [5, 5.41) is 1.66. The van der Waals surface area contributed by atoms with Gasteiger partial charge in [-0.3, -0.25) is 9.59 Å². The Balaban J connectivity index is 1.70. The molecule has 4 aromatic rings. The highest BCUT2D eigenvalue weighted by Crippen LogP contribution is 2.34. The number of nitrogens with zero attached hydrogens (tertiary/aromatic N) is 2. The van der Waals surface area contributed by atoms with Gasteiger partial charge >= 0.3 is 0 Å². The fourth-order valence-electron chi connectivity index (χ4n) is 4.01. The Morgan fingerprint density at radius 3 is 2.70 bits per heavy atom. The minimum atomic E-state index is -0.0247. The summed E-state index contributed by atoms with van der Waals surface area (Å²) in [7, 11) is 0. The van der Waals surface area contributed by atoms with Crippen molar-refractivity contribution < 1.29 is 4.79 Å². The molecule has 0 N–H and O–H groups in total. The molecule has 0 aliphatic carbocycles. The molecule has 1 aliphatic rings. The largest absolute Gasteiger partial charge is 0.308 e. The van der Waals surface area contributed by atoms with E-state index in [1.54, 1.807) is 10.6 Å². The number of rotatable bonds is 2. The normalized spacial score (nSPS) is 13.4. The Kier molecular flexibility index (Phi) is 3.65. The van der Waals surface area contributed by atoms with Crippen LogP contribution < -0.4 is 10.5 Å². The Labute approximate surface area is 160 Å². The summed E-state index contributed by atoms with van der Waals surface area (Å²) < 4.78 is 2.68. The zero-order valence-electron chi connectivity index (χ0n) is 14.9. The number of pyridine rings is 1. The Morgan fingerprint density at radius 2 is 1.85 bits per heavy atom. The van der Waals surface area contributed by atoms with E-state index in [1.807, 2.05) is 54.3 Å². The van der Waals surface area contributed by atoms with E-state index in [9.17, 15) is 9.59 Å². The smallest absolute Gasteiger partial charge is 0.268 e. The van der Waals surface area contributed by atoms with Crippen molar-refractivity contribution in [3.63, 3.8) is 0 Å². The number of carbonyl (C=O) groups is 1. The van der Waals surface area contributed by atoms with Crippen LogP contribution in [0.5, 0.6) is 0 Å². The molecule has 0 saturated carbocycles. The molecule has 5 rings (SSSR count). The van der Waals surface area contributed by atoms with E-state index < -0.39 is 0 Å². The minimum absolute atomic E-state index is 0.0207. The van der Waals surface area contributed by atoms with E-state index in [0.29, 0.717) is 23.4 Å². The predicted molar refractivity (Wildman–Crippen MR) is 111 cm³/mol. The van der Waals surface area contributed by atoms with Crippen LogP contribution in [-0.4, -0.2) is 17.0 Å². The van der Waals surface area contributed by atoms with Gasteiger partial charge in [-0.25, -0.2) is 0 Å². The van der Waals surface area contributed by atoms with Gasteiger partial charge in [0.1, 0.15) is 0 Å². The highest BCUT2D eigenvalue weighted by Gasteiger charge is 2.27. The maximum absolute atomic E-state index is 13.2. The van der Waals surface area contributed by atoms with Gasteiger partial charge in [0.2, 0.25) is 0 Å². The van der Waals surface area contributed by atoms with Gasteiger partial charge in [-0.2, -0.15) is 0 Å². The molecule has 0 atom stereocenters. The number of hydrogen-bond acceptors (Lipinski definition) is 3. The van der Waals surface area contributed by atoms with Gasteiger partial charge in [-0.15, -0.1) is 11.3 Å². The standard InChI is InChI=1S/C22H18N2O2S/c1-2-23-18-10-6-4-8-15(18)20-16(21(23)25)13-19(27-20)22(26)24-12-11-14-7-3-5-9-17(14)24/h3-10,13H,2,11-12H2,1H3. The summed E-state index contributed by atoms with van der Waals surface area (Å²) in [6.45, 7) is 3.26. The van der Waals surface area contributed by atoms with Crippen LogP contribution in [0, 0.1) is 0 Å². The summed E-state index contributed by atoms with van der Waals surface area (Å²) in [5.41, 5.74) is 3.08. The SMILES string of the molecule is CCn1c(=O)c2cc(C(=O)N3CCc4ccccc43)sc2c2ccccc21. The predicted octanol–water partition coefficient (Wildman–Crippen LogP) is 4.44. The van der Waals surface area contributed by atoms with Gasteiger partial charge in [-0.1, -0.05) is 36.4 Å². The molecule has 1 amide bonds. The molecular formula is C22H18N2O2S. The molecular weight excluding hydrogens is 356 g/mol. The number of thiophene rings is 1. The van der Waals surface area contributed by atoms with Crippen molar-refractivity contribution in [2.45, 2.75) is 19.9 Å². The van der Waals surface area contributed by atoms with Crippen molar-refractivity contribution >= 4 is 43.9 Å². The van der Waals surface area contributed by atoms with Crippen LogP contribution in [-0.2, 0) is 13.0 Å². The number of hydrogen-bond donors (Lipinski definition) is 0. The molecule has 3 heterocycles. The van der Waals surface area contributed by atoms with E-state index in [2.05, 4.69) is 6.07 Å². The molecule has 0 bridgehead atoms. The first-order chi connectivity index (χ1) is 13.2. The molecule has 2 aromatic carbocycles. The molecule has 0 radical (unpaired) electrons. The number of carbonyl (C=O) groups excluding carboxylic acids is 1. The van der Waals surface area contributed by atoms with Gasteiger partial charge in [-0.05, 0) is 37.1 Å². The monoisotopic (exact) mass is 374 g/mol. The number of para-hydroxylation sites is 2. The lowest BCUT2D eigenvalue weighted by molar-refractivity contribution is 0.0993. The Hall–Kier alpha value is -2.92. The zero-order chi connectivity index (χ0) is 18.5. The van der Waals surface area contributed by atoms with Crippen LogP contribution in [0.2, 0.25) is 0 Å². The summed E-state index contributed by atoms with van der Waals surface area (Å²) in [6, 6.07) is 17.7. The number of anilines is 1. The van der Waals surface area contributed by atoms with Crippen molar-refractivity contribution in [1.29, 1.82) is 0 Å². The topological polar surface area (TPSA) is 42.3 Å². The fraction of sp³-hybridized carbons (Fsp3) is 0.182. The van der Waals surface area contributed by atoms with E-state index in [0.717, 1.165) is 27.7 Å². The average Bonchev–Trinajstić information content (AvgIpc) is 3.33. The number of fused-ring (bicyclic) bond motifs is 4. The van der Waals surface area contributed by atoms with E-state index in [4.69, 9.17) is 0 Å². The molecule has 2 aromatic heterocycles. The van der Waals surface area contributed by atoms with Crippen LogP contribution in [0.15, 0.2) is 59.4 Å². The first-order valence-electron chi connectivity index (χ1n) is 9.14. The van der Waals surface area contributed by atoms with E-state index >= 15 is 0 Å². The van der Waals surface area contributed by atoms with Crippen LogP contribution in [0.1, 0.15) is 22.2 Å². The average molecular weight is 374 g/mol. The Bertz CT molecular complexity index is 1270. The summed E-state index contributed by atoms with van der Waals surface area (Å²) in [6.07, 6.45) is 0.873. The molecule has 5 heteroatoms. The van der Waals surface area contributed by atoms with Crippen molar-refractivity contribution in [3.05, 3.63) is 75.4 Å². The maximum Gasteiger partial charge on any atom is 0.268 e. The van der Waals surface area contributed by atoms with Crippen LogP contribution in [0.25, 0.3) is 21.0 Å².